The highest BCUT2D eigenvalue weighted by Crippen LogP contribution is 2.29. The number of carbonyl (C=O) groups is 1. The lowest BCUT2D eigenvalue weighted by Gasteiger charge is -2.26. The molecule has 1 aliphatic rings. The van der Waals surface area contributed by atoms with Crippen molar-refractivity contribution < 1.29 is 13.7 Å². The van der Waals surface area contributed by atoms with Crippen LogP contribution in [-0.4, -0.2) is 46.6 Å². The molecule has 28 heavy (non-hydrogen) atoms. The van der Waals surface area contributed by atoms with E-state index < -0.39 is 0 Å². The van der Waals surface area contributed by atoms with Gasteiger partial charge in [0.25, 0.3) is 5.91 Å². The molecule has 8 nitrogen and oxygen atoms in total. The van der Waals surface area contributed by atoms with Gasteiger partial charge in [-0.05, 0) is 12.1 Å². The smallest absolute Gasteiger partial charge is 0.257 e. The highest BCUT2D eigenvalue weighted by atomic mass is 19.1. The van der Waals surface area contributed by atoms with Crippen molar-refractivity contribution in [2.24, 2.45) is 0 Å². The standard InChI is InChI=1S/C19H19FN6O2/c1-25(2)19-21-9-12(10-22-19)18(27)26-8-7-16-13(11-26)17(24-28-16)23-15-6-4-3-5-14(15)20/h3-6,9-10H,7-8,11H2,1-2H3,(H,23,24). The molecule has 0 atom stereocenters. The van der Waals surface area contributed by atoms with Crippen LogP contribution >= 0.6 is 0 Å². The van der Waals surface area contributed by atoms with Crippen molar-refractivity contribution in [3.8, 4) is 0 Å². The summed E-state index contributed by atoms with van der Waals surface area (Å²) in [6.45, 7) is 0.805. The van der Waals surface area contributed by atoms with Crippen LogP contribution in [0.15, 0.2) is 41.2 Å². The van der Waals surface area contributed by atoms with Gasteiger partial charge in [0.1, 0.15) is 11.6 Å². The van der Waals surface area contributed by atoms with Crippen LogP contribution in [0.1, 0.15) is 21.7 Å². The molecule has 4 rings (SSSR count). The van der Waals surface area contributed by atoms with Gasteiger partial charge < -0.3 is 19.6 Å². The molecule has 1 N–H and O–H groups in total. The molecule has 0 saturated heterocycles. The molecule has 9 heteroatoms. The van der Waals surface area contributed by atoms with Gasteiger partial charge in [-0.2, -0.15) is 0 Å². The summed E-state index contributed by atoms with van der Waals surface area (Å²) in [5.41, 5.74) is 1.46. The number of para-hydroxylation sites is 1. The molecule has 1 aromatic carbocycles. The fourth-order valence-electron chi connectivity index (χ4n) is 3.02. The molecule has 1 aliphatic heterocycles. The minimum absolute atomic E-state index is 0.172. The van der Waals surface area contributed by atoms with E-state index in [9.17, 15) is 9.18 Å². The molecule has 3 aromatic rings. The Morgan fingerprint density at radius 3 is 2.71 bits per heavy atom. The van der Waals surface area contributed by atoms with Gasteiger partial charge >= 0.3 is 0 Å². The van der Waals surface area contributed by atoms with Gasteiger partial charge in [-0.3, -0.25) is 4.79 Å². The van der Waals surface area contributed by atoms with Gasteiger partial charge in [-0.15, -0.1) is 0 Å². The number of amides is 1. The van der Waals surface area contributed by atoms with Crippen molar-refractivity contribution in [3.63, 3.8) is 0 Å². The van der Waals surface area contributed by atoms with Gasteiger partial charge in [0.15, 0.2) is 5.82 Å². The summed E-state index contributed by atoms with van der Waals surface area (Å²) < 4.78 is 19.3. The number of carbonyl (C=O) groups excluding carboxylic acids is 1. The molecular weight excluding hydrogens is 363 g/mol. The Morgan fingerprint density at radius 2 is 2.00 bits per heavy atom. The Morgan fingerprint density at radius 1 is 1.25 bits per heavy atom. The molecular formula is C19H19FN6O2. The molecule has 0 radical (unpaired) electrons. The monoisotopic (exact) mass is 382 g/mol. The normalized spacial score (nSPS) is 13.2. The van der Waals surface area contributed by atoms with Gasteiger partial charge in [0.05, 0.1) is 23.4 Å². The molecule has 0 saturated carbocycles. The molecule has 3 heterocycles. The zero-order valence-electron chi connectivity index (χ0n) is 15.5. The minimum Gasteiger partial charge on any atom is -0.359 e. The first-order chi connectivity index (χ1) is 13.5. The number of fused-ring (bicyclic) bond motifs is 1. The molecule has 0 bridgehead atoms. The Bertz CT molecular complexity index is 1000. The average Bonchev–Trinajstić information content (AvgIpc) is 3.11. The number of hydrogen-bond donors (Lipinski definition) is 1. The van der Waals surface area contributed by atoms with E-state index in [0.717, 1.165) is 5.56 Å². The van der Waals surface area contributed by atoms with E-state index in [0.29, 0.717) is 48.3 Å². The van der Waals surface area contributed by atoms with E-state index in [1.807, 2.05) is 14.1 Å². The van der Waals surface area contributed by atoms with E-state index in [4.69, 9.17) is 4.52 Å². The second-order valence-corrected chi connectivity index (χ2v) is 6.68. The summed E-state index contributed by atoms with van der Waals surface area (Å²) in [5.74, 6) is 1.09. The summed E-state index contributed by atoms with van der Waals surface area (Å²) in [6.07, 6.45) is 3.57. The quantitative estimate of drug-likeness (QED) is 0.742. The van der Waals surface area contributed by atoms with Crippen molar-refractivity contribution in [1.82, 2.24) is 20.0 Å². The molecule has 144 valence electrons. The Hall–Kier alpha value is -3.49. The van der Waals surface area contributed by atoms with Gasteiger partial charge in [-0.1, -0.05) is 17.3 Å². The van der Waals surface area contributed by atoms with E-state index >= 15 is 0 Å². The Balaban J connectivity index is 1.53. The Kier molecular flexibility index (Phi) is 4.64. The first-order valence-corrected chi connectivity index (χ1v) is 8.80. The predicted octanol–water partition coefficient (Wildman–Crippen LogP) is 2.61. The van der Waals surface area contributed by atoms with Crippen LogP contribution < -0.4 is 10.2 Å². The number of rotatable bonds is 4. The second kappa shape index (κ2) is 7.26. The Labute approximate surface area is 161 Å². The lowest BCUT2D eigenvalue weighted by Crippen LogP contribution is -2.36. The van der Waals surface area contributed by atoms with E-state index in [1.54, 1.807) is 28.0 Å². The van der Waals surface area contributed by atoms with E-state index in [2.05, 4.69) is 20.4 Å². The third-order valence-electron chi connectivity index (χ3n) is 4.53. The maximum absolute atomic E-state index is 13.9. The van der Waals surface area contributed by atoms with Crippen LogP contribution in [0, 0.1) is 5.82 Å². The SMILES string of the molecule is CN(C)c1ncc(C(=O)N2CCc3onc(Nc4ccccc4F)c3C2)cn1. The number of nitrogens with zero attached hydrogens (tertiary/aromatic N) is 5. The fourth-order valence-corrected chi connectivity index (χ4v) is 3.02. The first-order valence-electron chi connectivity index (χ1n) is 8.80. The van der Waals surface area contributed by atoms with Crippen LogP contribution in [0.4, 0.5) is 21.8 Å². The van der Waals surface area contributed by atoms with Crippen molar-refractivity contribution in [2.45, 2.75) is 13.0 Å². The number of anilines is 3. The van der Waals surface area contributed by atoms with Crippen molar-refractivity contribution in [2.75, 3.05) is 30.9 Å². The van der Waals surface area contributed by atoms with Crippen LogP contribution in [0.3, 0.4) is 0 Å². The summed E-state index contributed by atoms with van der Waals surface area (Å²) in [7, 11) is 3.66. The molecule has 1 amide bonds. The van der Waals surface area contributed by atoms with E-state index in [-0.39, 0.29) is 11.7 Å². The van der Waals surface area contributed by atoms with Crippen molar-refractivity contribution >= 4 is 23.4 Å². The lowest BCUT2D eigenvalue weighted by atomic mass is 10.1. The maximum atomic E-state index is 13.9. The maximum Gasteiger partial charge on any atom is 0.257 e. The third kappa shape index (κ3) is 3.38. The largest absolute Gasteiger partial charge is 0.359 e. The topological polar surface area (TPSA) is 87.4 Å². The molecule has 0 spiro atoms. The minimum atomic E-state index is -0.388. The number of nitrogens with one attached hydrogen (secondary N) is 1. The number of hydrogen-bond acceptors (Lipinski definition) is 7. The predicted molar refractivity (Wildman–Crippen MR) is 101 cm³/mol. The van der Waals surface area contributed by atoms with Crippen LogP contribution in [-0.2, 0) is 13.0 Å². The molecule has 0 aliphatic carbocycles. The zero-order chi connectivity index (χ0) is 19.7. The van der Waals surface area contributed by atoms with Crippen LogP contribution in [0.2, 0.25) is 0 Å². The molecule has 0 fully saturated rings. The fraction of sp³-hybridized carbons (Fsp3) is 0.263. The highest BCUT2D eigenvalue weighted by Gasteiger charge is 2.28. The third-order valence-corrected chi connectivity index (χ3v) is 4.53. The number of aromatic nitrogens is 3. The number of benzene rings is 1. The van der Waals surface area contributed by atoms with Gasteiger partial charge in [0, 0.05) is 39.5 Å². The molecule has 0 unspecified atom stereocenters. The molecule has 2 aromatic heterocycles. The van der Waals surface area contributed by atoms with Crippen LogP contribution in [0.25, 0.3) is 0 Å². The summed E-state index contributed by atoms with van der Waals surface area (Å²) in [5, 5.41) is 6.96. The summed E-state index contributed by atoms with van der Waals surface area (Å²) >= 11 is 0. The van der Waals surface area contributed by atoms with E-state index in [1.165, 1.54) is 18.5 Å². The average molecular weight is 382 g/mol. The summed E-state index contributed by atoms with van der Waals surface area (Å²) in [6, 6.07) is 6.32. The van der Waals surface area contributed by atoms with Gasteiger partial charge in [-0.25, -0.2) is 14.4 Å². The lowest BCUT2D eigenvalue weighted by molar-refractivity contribution is 0.0728. The van der Waals surface area contributed by atoms with Gasteiger partial charge in [0.2, 0.25) is 5.95 Å². The summed E-state index contributed by atoms with van der Waals surface area (Å²) in [4.78, 5) is 24.7. The van der Waals surface area contributed by atoms with Crippen LogP contribution in [0.5, 0.6) is 0 Å². The van der Waals surface area contributed by atoms with Crippen molar-refractivity contribution in [1.29, 1.82) is 0 Å². The zero-order valence-corrected chi connectivity index (χ0v) is 15.5. The number of halogens is 1. The van der Waals surface area contributed by atoms with Crippen molar-refractivity contribution in [3.05, 3.63) is 59.4 Å². The second-order valence-electron chi connectivity index (χ2n) is 6.68. The highest BCUT2D eigenvalue weighted by molar-refractivity contribution is 5.94. The first kappa shape index (κ1) is 17.9.